The molecule has 1 amide bonds. The Kier molecular flexibility index (Phi) is 2.87. The molecule has 2 aromatic rings. The number of rotatable bonds is 2. The van der Waals surface area contributed by atoms with E-state index in [-0.39, 0.29) is 30.0 Å². The molecular weight excluding hydrogens is 256 g/mol. The fourth-order valence-electron chi connectivity index (χ4n) is 2.53. The molecule has 1 saturated heterocycles. The number of likely N-dealkylation sites (tertiary alicyclic amines) is 1. The number of H-pyrrole nitrogens is 1. The van der Waals surface area contributed by atoms with Gasteiger partial charge in [0.25, 0.3) is 5.91 Å². The minimum atomic E-state index is -0.792. The summed E-state index contributed by atoms with van der Waals surface area (Å²) in [6.07, 6.45) is 2.06. The Labute approximate surface area is 115 Å². The highest BCUT2D eigenvalue weighted by Crippen LogP contribution is 2.25. The van der Waals surface area contributed by atoms with Crippen LogP contribution in [0.1, 0.15) is 23.7 Å². The third kappa shape index (κ3) is 1.91. The molecule has 0 saturated carbocycles. The molecule has 1 aliphatic heterocycles. The molecule has 1 fully saturated rings. The number of aromatic nitrogens is 1. The van der Waals surface area contributed by atoms with Crippen molar-refractivity contribution in [1.29, 1.82) is 0 Å². The highest BCUT2D eigenvalue weighted by molar-refractivity contribution is 5.97. The average molecular weight is 272 g/mol. The molecule has 5 nitrogen and oxygen atoms in total. The zero-order valence-corrected chi connectivity index (χ0v) is 11.2. The summed E-state index contributed by atoms with van der Waals surface area (Å²) in [5.74, 6) is -0.324. The third-order valence-electron chi connectivity index (χ3n) is 3.93. The van der Waals surface area contributed by atoms with Crippen LogP contribution in [0.5, 0.6) is 0 Å². The molecule has 2 N–H and O–H groups in total. The molecule has 1 aliphatic rings. The number of nitrogens with one attached hydrogen (secondary N) is 1. The minimum absolute atomic E-state index is 0.127. The molecule has 104 valence electrons. The second-order valence-corrected chi connectivity index (χ2v) is 5.32. The van der Waals surface area contributed by atoms with Gasteiger partial charge in [-0.05, 0) is 18.6 Å². The Balaban J connectivity index is 1.94. The number of para-hydroxylation sites is 1. The molecule has 0 aliphatic carbocycles. The smallest absolute Gasteiger partial charge is 0.259 e. The Morgan fingerprint density at radius 2 is 2.10 bits per heavy atom. The fraction of sp³-hybridized carbons (Fsp3) is 0.333. The Morgan fingerprint density at radius 3 is 2.80 bits per heavy atom. The number of pyridine rings is 1. The SMILES string of the molecule is CCC1(O)CN(C(=O)c2c[nH]c3ccccc3c2=O)C1. The highest BCUT2D eigenvalue weighted by atomic mass is 16.3. The molecule has 20 heavy (non-hydrogen) atoms. The molecule has 0 radical (unpaired) electrons. The van der Waals surface area contributed by atoms with Gasteiger partial charge in [0.2, 0.25) is 5.43 Å². The van der Waals surface area contributed by atoms with E-state index in [1.165, 1.54) is 11.1 Å². The summed E-state index contributed by atoms with van der Waals surface area (Å²) in [6.45, 7) is 2.45. The molecular formula is C15H16N2O3. The van der Waals surface area contributed by atoms with Gasteiger partial charge in [-0.3, -0.25) is 9.59 Å². The van der Waals surface area contributed by atoms with Crippen LogP contribution in [0.3, 0.4) is 0 Å². The van der Waals surface area contributed by atoms with E-state index in [0.717, 1.165) is 0 Å². The van der Waals surface area contributed by atoms with E-state index >= 15 is 0 Å². The molecule has 5 heteroatoms. The fourth-order valence-corrected chi connectivity index (χ4v) is 2.53. The maximum atomic E-state index is 12.3. The van der Waals surface area contributed by atoms with Crippen molar-refractivity contribution in [3.8, 4) is 0 Å². The van der Waals surface area contributed by atoms with Gasteiger partial charge in [0, 0.05) is 17.1 Å². The van der Waals surface area contributed by atoms with E-state index in [4.69, 9.17) is 0 Å². The van der Waals surface area contributed by atoms with Gasteiger partial charge in [-0.15, -0.1) is 0 Å². The van der Waals surface area contributed by atoms with E-state index in [0.29, 0.717) is 17.3 Å². The summed E-state index contributed by atoms with van der Waals surface area (Å²) in [7, 11) is 0. The van der Waals surface area contributed by atoms with Crippen LogP contribution >= 0.6 is 0 Å². The van der Waals surface area contributed by atoms with Gasteiger partial charge in [-0.2, -0.15) is 0 Å². The van der Waals surface area contributed by atoms with Crippen molar-refractivity contribution in [3.05, 3.63) is 46.2 Å². The molecule has 3 rings (SSSR count). The van der Waals surface area contributed by atoms with Crippen molar-refractivity contribution >= 4 is 16.8 Å². The van der Waals surface area contributed by atoms with Crippen LogP contribution in [-0.4, -0.2) is 39.6 Å². The van der Waals surface area contributed by atoms with E-state index in [2.05, 4.69) is 4.98 Å². The number of fused-ring (bicyclic) bond motifs is 1. The monoisotopic (exact) mass is 272 g/mol. The normalized spacial score (nSPS) is 17.0. The van der Waals surface area contributed by atoms with Crippen LogP contribution in [0.4, 0.5) is 0 Å². The van der Waals surface area contributed by atoms with Gasteiger partial charge in [0.15, 0.2) is 0 Å². The number of aromatic amines is 1. The lowest BCUT2D eigenvalue weighted by Crippen LogP contribution is -2.63. The largest absolute Gasteiger partial charge is 0.386 e. The zero-order chi connectivity index (χ0) is 14.3. The minimum Gasteiger partial charge on any atom is -0.386 e. The molecule has 0 atom stereocenters. The zero-order valence-electron chi connectivity index (χ0n) is 11.2. The summed E-state index contributed by atoms with van der Waals surface area (Å²) >= 11 is 0. The van der Waals surface area contributed by atoms with Crippen molar-refractivity contribution < 1.29 is 9.90 Å². The third-order valence-corrected chi connectivity index (χ3v) is 3.93. The predicted octanol–water partition coefficient (Wildman–Crippen LogP) is 1.12. The number of hydrogen-bond donors (Lipinski definition) is 2. The van der Waals surface area contributed by atoms with Crippen molar-refractivity contribution in [3.63, 3.8) is 0 Å². The topological polar surface area (TPSA) is 73.4 Å². The Bertz CT molecular complexity index is 729. The second-order valence-electron chi connectivity index (χ2n) is 5.32. The van der Waals surface area contributed by atoms with Crippen LogP contribution in [0, 0.1) is 0 Å². The van der Waals surface area contributed by atoms with Crippen LogP contribution in [0.2, 0.25) is 0 Å². The number of carbonyl (C=O) groups is 1. The second kappa shape index (κ2) is 4.45. The number of benzene rings is 1. The van der Waals surface area contributed by atoms with E-state index in [9.17, 15) is 14.7 Å². The Hall–Kier alpha value is -2.14. The Morgan fingerprint density at radius 1 is 1.40 bits per heavy atom. The lowest BCUT2D eigenvalue weighted by atomic mass is 9.90. The predicted molar refractivity (Wildman–Crippen MR) is 75.7 cm³/mol. The van der Waals surface area contributed by atoms with E-state index in [1.807, 2.05) is 13.0 Å². The maximum absolute atomic E-state index is 12.3. The van der Waals surface area contributed by atoms with Crippen molar-refractivity contribution in [1.82, 2.24) is 9.88 Å². The first-order valence-corrected chi connectivity index (χ1v) is 6.66. The van der Waals surface area contributed by atoms with Crippen molar-refractivity contribution in [2.45, 2.75) is 18.9 Å². The van der Waals surface area contributed by atoms with Crippen LogP contribution in [-0.2, 0) is 0 Å². The summed E-state index contributed by atoms with van der Waals surface area (Å²) in [6, 6.07) is 7.09. The average Bonchev–Trinajstić information content (AvgIpc) is 2.44. The van der Waals surface area contributed by atoms with Crippen LogP contribution in [0.25, 0.3) is 10.9 Å². The van der Waals surface area contributed by atoms with Gasteiger partial charge in [-0.25, -0.2) is 0 Å². The number of amides is 1. The summed E-state index contributed by atoms with van der Waals surface area (Å²) in [4.78, 5) is 29.1. The van der Waals surface area contributed by atoms with Gasteiger partial charge in [0.05, 0.1) is 18.7 Å². The lowest BCUT2D eigenvalue weighted by Gasteiger charge is -2.45. The van der Waals surface area contributed by atoms with Crippen molar-refractivity contribution in [2.75, 3.05) is 13.1 Å². The number of nitrogens with zero attached hydrogens (tertiary/aromatic N) is 1. The van der Waals surface area contributed by atoms with E-state index < -0.39 is 5.60 Å². The van der Waals surface area contributed by atoms with Gasteiger partial charge >= 0.3 is 0 Å². The van der Waals surface area contributed by atoms with Gasteiger partial charge in [0.1, 0.15) is 5.56 Å². The summed E-state index contributed by atoms with van der Waals surface area (Å²) in [5, 5.41) is 10.5. The first kappa shape index (κ1) is 12.9. The van der Waals surface area contributed by atoms with Crippen LogP contribution in [0.15, 0.2) is 35.3 Å². The number of carbonyl (C=O) groups excluding carboxylic acids is 1. The van der Waals surface area contributed by atoms with Gasteiger partial charge < -0.3 is 15.0 Å². The van der Waals surface area contributed by atoms with E-state index in [1.54, 1.807) is 18.2 Å². The summed E-state index contributed by atoms with van der Waals surface area (Å²) < 4.78 is 0. The standard InChI is InChI=1S/C15H16N2O3/c1-2-15(20)8-17(9-15)14(19)11-7-16-12-6-4-3-5-10(12)13(11)18/h3-7,20H,2,8-9H2,1H3,(H,16,18). The van der Waals surface area contributed by atoms with Gasteiger partial charge in [-0.1, -0.05) is 19.1 Å². The van der Waals surface area contributed by atoms with Crippen molar-refractivity contribution in [2.24, 2.45) is 0 Å². The number of hydrogen-bond acceptors (Lipinski definition) is 3. The lowest BCUT2D eigenvalue weighted by molar-refractivity contribution is -0.0826. The first-order chi connectivity index (χ1) is 9.54. The number of β-amino-alcohol motifs (C(OH)–C–C–N with tert-alkyl or cyclic N) is 1. The molecule has 1 aromatic heterocycles. The first-order valence-electron chi connectivity index (χ1n) is 6.66. The molecule has 0 bridgehead atoms. The van der Waals surface area contributed by atoms with Crippen LogP contribution < -0.4 is 5.43 Å². The molecule has 2 heterocycles. The quantitative estimate of drug-likeness (QED) is 0.860. The highest BCUT2D eigenvalue weighted by Gasteiger charge is 2.42. The maximum Gasteiger partial charge on any atom is 0.259 e. The summed E-state index contributed by atoms with van der Waals surface area (Å²) in [5.41, 5.74) is -0.222. The molecule has 0 unspecified atom stereocenters. The molecule has 0 spiro atoms. The number of aliphatic hydroxyl groups is 1. The molecule has 1 aromatic carbocycles.